The van der Waals surface area contributed by atoms with Crippen LogP contribution in [0.3, 0.4) is 0 Å². The third kappa shape index (κ3) is 5.77. The van der Waals surface area contributed by atoms with Crippen molar-refractivity contribution in [1.82, 2.24) is 5.32 Å². The fourth-order valence-electron chi connectivity index (χ4n) is 1.73. The highest BCUT2D eigenvalue weighted by molar-refractivity contribution is 9.10. The van der Waals surface area contributed by atoms with Crippen LogP contribution in [0.5, 0.6) is 0 Å². The number of rotatable bonds is 7. The molecule has 0 radical (unpaired) electrons. The summed E-state index contributed by atoms with van der Waals surface area (Å²) in [6, 6.07) is 2.61. The van der Waals surface area contributed by atoms with Crippen molar-refractivity contribution in [2.24, 2.45) is 0 Å². The van der Waals surface area contributed by atoms with Gasteiger partial charge in [-0.1, -0.05) is 37.8 Å². The molecule has 1 amide bonds. The number of benzene rings is 1. The standard InChI is InChI=1S/C13H16BrCl2NO3S/c1-2-3-4-5-6-17-13(18)9-7-10(15)12(14)11(8-9)21(16,19)20/h7-8H,2-6H2,1H3,(H,17,18). The van der Waals surface area contributed by atoms with Gasteiger partial charge in [-0.05, 0) is 34.5 Å². The molecule has 1 aromatic carbocycles. The summed E-state index contributed by atoms with van der Waals surface area (Å²) in [6.45, 7) is 2.64. The van der Waals surface area contributed by atoms with Crippen molar-refractivity contribution >= 4 is 53.2 Å². The molecule has 1 rings (SSSR count). The Kier molecular flexibility index (Phi) is 7.47. The molecule has 0 bridgehead atoms. The lowest BCUT2D eigenvalue weighted by atomic mass is 10.2. The van der Waals surface area contributed by atoms with Gasteiger partial charge in [-0.3, -0.25) is 4.79 Å². The Balaban J connectivity index is 2.84. The summed E-state index contributed by atoms with van der Waals surface area (Å²) in [6.07, 6.45) is 4.16. The lowest BCUT2D eigenvalue weighted by Gasteiger charge is -2.08. The van der Waals surface area contributed by atoms with Crippen LogP contribution in [0.4, 0.5) is 0 Å². The van der Waals surface area contributed by atoms with Crippen molar-refractivity contribution in [3.63, 3.8) is 0 Å². The van der Waals surface area contributed by atoms with Gasteiger partial charge in [0.25, 0.3) is 15.0 Å². The number of hydrogen-bond acceptors (Lipinski definition) is 3. The van der Waals surface area contributed by atoms with Crippen molar-refractivity contribution in [2.45, 2.75) is 37.5 Å². The van der Waals surface area contributed by atoms with Crippen molar-refractivity contribution in [2.75, 3.05) is 6.54 Å². The highest BCUT2D eigenvalue weighted by Crippen LogP contribution is 2.33. The average molecular weight is 417 g/mol. The Bertz CT molecular complexity index is 620. The highest BCUT2D eigenvalue weighted by atomic mass is 79.9. The van der Waals surface area contributed by atoms with Crippen LogP contribution >= 0.6 is 38.2 Å². The molecule has 1 N–H and O–H groups in total. The molecule has 118 valence electrons. The topological polar surface area (TPSA) is 63.2 Å². The number of carbonyl (C=O) groups is 1. The summed E-state index contributed by atoms with van der Waals surface area (Å²) < 4.78 is 23.1. The second-order valence-electron chi connectivity index (χ2n) is 4.52. The Morgan fingerprint density at radius 2 is 1.95 bits per heavy atom. The maximum absolute atomic E-state index is 12.0. The summed E-state index contributed by atoms with van der Waals surface area (Å²) in [5.74, 6) is -0.373. The van der Waals surface area contributed by atoms with Crippen molar-refractivity contribution < 1.29 is 13.2 Å². The second kappa shape index (κ2) is 8.36. The van der Waals surface area contributed by atoms with Crippen LogP contribution in [-0.2, 0) is 9.05 Å². The van der Waals surface area contributed by atoms with E-state index in [-0.39, 0.29) is 25.9 Å². The fraction of sp³-hybridized carbons (Fsp3) is 0.462. The van der Waals surface area contributed by atoms with Crippen molar-refractivity contribution in [3.8, 4) is 0 Å². The SMILES string of the molecule is CCCCCCNC(=O)c1cc(Cl)c(Br)c(S(=O)(=O)Cl)c1. The molecular weight excluding hydrogens is 401 g/mol. The van der Waals surface area contributed by atoms with E-state index in [9.17, 15) is 13.2 Å². The molecule has 0 spiro atoms. The van der Waals surface area contributed by atoms with Crippen LogP contribution in [0.2, 0.25) is 5.02 Å². The zero-order valence-electron chi connectivity index (χ0n) is 11.5. The third-order valence-electron chi connectivity index (χ3n) is 2.84. The quantitative estimate of drug-likeness (QED) is 0.531. The van der Waals surface area contributed by atoms with Crippen LogP contribution in [0.1, 0.15) is 43.0 Å². The second-order valence-corrected chi connectivity index (χ2v) is 8.26. The fourth-order valence-corrected chi connectivity index (χ4v) is 4.11. The molecule has 8 heteroatoms. The summed E-state index contributed by atoms with van der Waals surface area (Å²) in [4.78, 5) is 11.8. The molecule has 0 fully saturated rings. The van der Waals surface area contributed by atoms with Gasteiger partial charge in [0.05, 0.1) is 14.4 Å². The molecule has 0 heterocycles. The van der Waals surface area contributed by atoms with Gasteiger partial charge >= 0.3 is 0 Å². The molecule has 0 aliphatic rings. The number of amides is 1. The number of unbranched alkanes of at least 4 members (excludes halogenated alkanes) is 3. The van der Waals surface area contributed by atoms with E-state index in [1.807, 2.05) is 0 Å². The smallest absolute Gasteiger partial charge is 0.262 e. The van der Waals surface area contributed by atoms with Crippen LogP contribution in [-0.4, -0.2) is 20.9 Å². The molecule has 0 atom stereocenters. The van der Waals surface area contributed by atoms with Gasteiger partial charge < -0.3 is 5.32 Å². The molecular formula is C13H16BrCl2NO3S. The zero-order chi connectivity index (χ0) is 16.0. The Labute approximate surface area is 142 Å². The lowest BCUT2D eigenvalue weighted by Crippen LogP contribution is -2.24. The molecule has 0 unspecified atom stereocenters. The van der Waals surface area contributed by atoms with Crippen LogP contribution < -0.4 is 5.32 Å². The summed E-state index contributed by atoms with van der Waals surface area (Å²) in [7, 11) is 1.34. The van der Waals surface area contributed by atoms with E-state index in [4.69, 9.17) is 22.3 Å². The normalized spacial score (nSPS) is 11.4. The van der Waals surface area contributed by atoms with Crippen LogP contribution in [0, 0.1) is 0 Å². The number of halogens is 3. The highest BCUT2D eigenvalue weighted by Gasteiger charge is 2.20. The first kappa shape index (κ1) is 18.7. The third-order valence-corrected chi connectivity index (χ3v) is 5.82. The maximum Gasteiger partial charge on any atom is 0.262 e. The molecule has 0 saturated heterocycles. The van der Waals surface area contributed by atoms with E-state index in [0.29, 0.717) is 6.54 Å². The number of nitrogens with one attached hydrogen (secondary N) is 1. The first-order valence-corrected chi connectivity index (χ1v) is 9.97. The van der Waals surface area contributed by atoms with Gasteiger partial charge in [0.1, 0.15) is 0 Å². The molecule has 21 heavy (non-hydrogen) atoms. The first-order valence-electron chi connectivity index (χ1n) is 6.49. The predicted molar refractivity (Wildman–Crippen MR) is 88.7 cm³/mol. The van der Waals surface area contributed by atoms with Gasteiger partial charge in [-0.25, -0.2) is 8.42 Å². The minimum Gasteiger partial charge on any atom is -0.352 e. The van der Waals surface area contributed by atoms with E-state index in [1.54, 1.807) is 0 Å². The maximum atomic E-state index is 12.0. The van der Waals surface area contributed by atoms with Gasteiger partial charge in [0.2, 0.25) is 0 Å². The van der Waals surface area contributed by atoms with E-state index in [0.717, 1.165) is 25.7 Å². The largest absolute Gasteiger partial charge is 0.352 e. The minimum absolute atomic E-state index is 0.118. The molecule has 0 aromatic heterocycles. The predicted octanol–water partition coefficient (Wildman–Crippen LogP) is 4.34. The van der Waals surface area contributed by atoms with Gasteiger partial charge in [0.15, 0.2) is 0 Å². The van der Waals surface area contributed by atoms with Gasteiger partial charge in [-0.2, -0.15) is 0 Å². The number of hydrogen-bond donors (Lipinski definition) is 1. The van der Waals surface area contributed by atoms with Crippen molar-refractivity contribution in [3.05, 3.63) is 27.2 Å². The summed E-state index contributed by atoms with van der Waals surface area (Å²) in [5.41, 5.74) is 0.165. The molecule has 0 aliphatic heterocycles. The summed E-state index contributed by atoms with van der Waals surface area (Å²) in [5, 5.41) is 2.85. The Hall–Kier alpha value is -0.300. The number of carbonyl (C=O) groups excluding carboxylic acids is 1. The lowest BCUT2D eigenvalue weighted by molar-refractivity contribution is 0.0952. The molecule has 0 aliphatic carbocycles. The van der Waals surface area contributed by atoms with Crippen molar-refractivity contribution in [1.29, 1.82) is 0 Å². The van der Waals surface area contributed by atoms with E-state index in [1.165, 1.54) is 12.1 Å². The van der Waals surface area contributed by atoms with Gasteiger partial charge in [-0.15, -0.1) is 0 Å². The molecule has 1 aromatic rings. The Morgan fingerprint density at radius 1 is 1.29 bits per heavy atom. The van der Waals surface area contributed by atoms with E-state index >= 15 is 0 Å². The first-order chi connectivity index (χ1) is 9.77. The van der Waals surface area contributed by atoms with Crippen LogP contribution in [0.15, 0.2) is 21.5 Å². The average Bonchev–Trinajstić information content (AvgIpc) is 2.39. The van der Waals surface area contributed by atoms with E-state index in [2.05, 4.69) is 28.2 Å². The van der Waals surface area contributed by atoms with Crippen LogP contribution in [0.25, 0.3) is 0 Å². The zero-order valence-corrected chi connectivity index (χ0v) is 15.4. The Morgan fingerprint density at radius 3 is 2.52 bits per heavy atom. The molecule has 0 saturated carbocycles. The summed E-state index contributed by atoms with van der Waals surface area (Å²) >= 11 is 8.97. The van der Waals surface area contributed by atoms with E-state index < -0.39 is 9.05 Å². The van der Waals surface area contributed by atoms with Gasteiger partial charge in [0, 0.05) is 22.8 Å². The molecule has 4 nitrogen and oxygen atoms in total. The monoisotopic (exact) mass is 415 g/mol. The minimum atomic E-state index is -3.98.